The van der Waals surface area contributed by atoms with Crippen LogP contribution in [0.25, 0.3) is 0 Å². The Hall–Kier alpha value is -0.930. The minimum atomic E-state index is 0.592. The summed E-state index contributed by atoms with van der Waals surface area (Å²) < 4.78 is 0. The molecule has 1 unspecified atom stereocenters. The monoisotopic (exact) mass is 306 g/mol. The average molecular weight is 306 g/mol. The molecule has 0 bridgehead atoms. The molecule has 2 rings (SSSR count). The molecule has 5 heteroatoms. The molecule has 0 aliphatic carbocycles. The average Bonchev–Trinajstić information content (AvgIpc) is 2.92. The zero-order valence-corrected chi connectivity index (χ0v) is 14.1. The normalized spacial score (nSPS) is 18.8. The van der Waals surface area contributed by atoms with E-state index in [0.717, 1.165) is 18.0 Å². The number of thiophene rings is 1. The molecule has 21 heavy (non-hydrogen) atoms. The minimum absolute atomic E-state index is 0.592. The summed E-state index contributed by atoms with van der Waals surface area (Å²) in [4.78, 5) is 7.06. The molecule has 1 atom stereocenters. The van der Waals surface area contributed by atoms with Gasteiger partial charge in [0.25, 0.3) is 0 Å². The summed E-state index contributed by atoms with van der Waals surface area (Å²) in [5.41, 5.74) is 0. The van der Waals surface area contributed by atoms with Gasteiger partial charge in [-0.25, -0.2) is 0 Å². The summed E-state index contributed by atoms with van der Waals surface area (Å²) in [5.74, 6) is 0.652. The van der Waals surface area contributed by atoms with Crippen LogP contribution in [0.1, 0.15) is 23.6 Å². The summed E-state index contributed by atoms with van der Waals surface area (Å²) in [6.45, 7) is 11.2. The van der Waals surface area contributed by atoms with Crippen molar-refractivity contribution in [1.29, 1.82) is 5.26 Å². The van der Waals surface area contributed by atoms with Gasteiger partial charge in [-0.1, -0.05) is 13.8 Å². The Bertz CT molecular complexity index is 469. The van der Waals surface area contributed by atoms with E-state index >= 15 is 0 Å². The molecule has 1 aromatic heterocycles. The highest BCUT2D eigenvalue weighted by atomic mass is 32.1. The van der Waals surface area contributed by atoms with Crippen LogP contribution in [0.5, 0.6) is 0 Å². The lowest BCUT2D eigenvalue weighted by atomic mass is 10.0. The molecule has 1 aromatic rings. The molecule has 1 N–H and O–H groups in total. The smallest absolute Gasteiger partial charge is 0.110 e. The van der Waals surface area contributed by atoms with Gasteiger partial charge >= 0.3 is 0 Å². The maximum absolute atomic E-state index is 8.86. The van der Waals surface area contributed by atoms with Crippen LogP contribution >= 0.6 is 11.3 Å². The lowest BCUT2D eigenvalue weighted by molar-refractivity contribution is 0.0875. The van der Waals surface area contributed by atoms with E-state index < -0.39 is 0 Å². The van der Waals surface area contributed by atoms with Crippen molar-refractivity contribution in [2.75, 3.05) is 39.8 Å². The van der Waals surface area contributed by atoms with Crippen molar-refractivity contribution in [2.24, 2.45) is 5.92 Å². The molecule has 0 spiro atoms. The summed E-state index contributed by atoms with van der Waals surface area (Å²) >= 11 is 1.58. The van der Waals surface area contributed by atoms with Gasteiger partial charge in [-0.3, -0.25) is 4.90 Å². The van der Waals surface area contributed by atoms with Gasteiger partial charge in [0.15, 0.2) is 0 Å². The molecule has 4 nitrogen and oxygen atoms in total. The van der Waals surface area contributed by atoms with Crippen LogP contribution in [0.4, 0.5) is 0 Å². The fraction of sp³-hybridized carbons (Fsp3) is 0.688. The van der Waals surface area contributed by atoms with Gasteiger partial charge in [-0.05, 0) is 25.1 Å². The Morgan fingerprint density at radius 3 is 2.57 bits per heavy atom. The molecule has 2 heterocycles. The SMILES string of the molecule is CC(C)C(CNCc1ccc(C#N)s1)N1CCN(C)CC1. The van der Waals surface area contributed by atoms with Crippen molar-refractivity contribution in [1.82, 2.24) is 15.1 Å². The first-order valence-corrected chi connectivity index (χ1v) is 8.54. The number of nitrogens with one attached hydrogen (secondary N) is 1. The van der Waals surface area contributed by atoms with Crippen molar-refractivity contribution in [2.45, 2.75) is 26.4 Å². The maximum atomic E-state index is 8.86. The van der Waals surface area contributed by atoms with Crippen LogP contribution < -0.4 is 5.32 Å². The first kappa shape index (κ1) is 16.4. The van der Waals surface area contributed by atoms with E-state index in [4.69, 9.17) is 5.26 Å². The standard InChI is InChI=1S/C16H26N4S/c1-13(2)16(20-8-6-19(3)7-9-20)12-18-11-15-5-4-14(10-17)21-15/h4-5,13,16,18H,6-9,11-12H2,1-3H3. The first-order chi connectivity index (χ1) is 10.1. The number of hydrogen-bond donors (Lipinski definition) is 1. The third-order valence-electron chi connectivity index (χ3n) is 4.20. The van der Waals surface area contributed by atoms with Crippen molar-refractivity contribution in [3.8, 4) is 6.07 Å². The lowest BCUT2D eigenvalue weighted by Gasteiger charge is -2.40. The maximum Gasteiger partial charge on any atom is 0.110 e. The second kappa shape index (κ2) is 7.90. The molecule has 116 valence electrons. The van der Waals surface area contributed by atoms with Gasteiger partial charge < -0.3 is 10.2 Å². The van der Waals surface area contributed by atoms with Crippen LogP contribution in [-0.2, 0) is 6.54 Å². The molecule has 1 saturated heterocycles. The molecule has 0 amide bonds. The zero-order valence-electron chi connectivity index (χ0n) is 13.3. The molecular weight excluding hydrogens is 280 g/mol. The van der Waals surface area contributed by atoms with Crippen LogP contribution in [0, 0.1) is 17.2 Å². The van der Waals surface area contributed by atoms with Crippen LogP contribution in [-0.4, -0.2) is 55.6 Å². The van der Waals surface area contributed by atoms with Crippen molar-refractivity contribution in [3.63, 3.8) is 0 Å². The Morgan fingerprint density at radius 1 is 1.29 bits per heavy atom. The Kier molecular flexibility index (Phi) is 6.19. The topological polar surface area (TPSA) is 42.3 Å². The van der Waals surface area contributed by atoms with E-state index in [-0.39, 0.29) is 0 Å². The molecule has 1 aliphatic rings. The van der Waals surface area contributed by atoms with E-state index in [0.29, 0.717) is 12.0 Å². The quantitative estimate of drug-likeness (QED) is 0.873. The van der Waals surface area contributed by atoms with Crippen molar-refractivity contribution >= 4 is 11.3 Å². The van der Waals surface area contributed by atoms with Gasteiger partial charge in [0.2, 0.25) is 0 Å². The molecule has 0 radical (unpaired) electrons. The largest absolute Gasteiger partial charge is 0.310 e. The minimum Gasteiger partial charge on any atom is -0.310 e. The van der Waals surface area contributed by atoms with Crippen LogP contribution in [0.15, 0.2) is 12.1 Å². The number of nitriles is 1. The molecule has 1 fully saturated rings. The van der Waals surface area contributed by atoms with Crippen LogP contribution in [0.3, 0.4) is 0 Å². The Balaban J connectivity index is 1.81. The summed E-state index contributed by atoms with van der Waals surface area (Å²) in [6.07, 6.45) is 0. The second-order valence-electron chi connectivity index (χ2n) is 6.16. The predicted molar refractivity (Wildman–Crippen MR) is 88.4 cm³/mol. The fourth-order valence-electron chi connectivity index (χ4n) is 2.82. The molecule has 0 saturated carbocycles. The van der Waals surface area contributed by atoms with Crippen molar-refractivity contribution < 1.29 is 0 Å². The zero-order chi connectivity index (χ0) is 15.2. The van der Waals surface area contributed by atoms with Crippen molar-refractivity contribution in [3.05, 3.63) is 21.9 Å². The first-order valence-electron chi connectivity index (χ1n) is 7.72. The lowest BCUT2D eigenvalue weighted by Crippen LogP contribution is -2.53. The molecular formula is C16H26N4S. The number of hydrogen-bond acceptors (Lipinski definition) is 5. The second-order valence-corrected chi connectivity index (χ2v) is 7.33. The van der Waals surface area contributed by atoms with E-state index in [1.165, 1.54) is 31.1 Å². The third kappa shape index (κ3) is 4.79. The van der Waals surface area contributed by atoms with Gasteiger partial charge in [-0.15, -0.1) is 11.3 Å². The number of rotatable bonds is 6. The summed E-state index contributed by atoms with van der Waals surface area (Å²) in [7, 11) is 2.20. The van der Waals surface area contributed by atoms with Gasteiger partial charge in [0, 0.05) is 50.2 Å². The Morgan fingerprint density at radius 2 is 2.00 bits per heavy atom. The van der Waals surface area contributed by atoms with E-state index in [1.54, 1.807) is 11.3 Å². The number of piperazine rings is 1. The molecule has 0 aromatic carbocycles. The highest BCUT2D eigenvalue weighted by molar-refractivity contribution is 7.12. The number of nitrogens with zero attached hydrogens (tertiary/aromatic N) is 3. The van der Waals surface area contributed by atoms with Gasteiger partial charge in [0.05, 0.1) is 0 Å². The summed E-state index contributed by atoms with van der Waals surface area (Å²) in [5, 5.41) is 12.4. The predicted octanol–water partition coefficient (Wildman–Crippen LogP) is 1.98. The van der Waals surface area contributed by atoms with Gasteiger partial charge in [-0.2, -0.15) is 5.26 Å². The Labute approximate surface area is 132 Å². The van der Waals surface area contributed by atoms with Crippen LogP contribution in [0.2, 0.25) is 0 Å². The number of likely N-dealkylation sites (N-methyl/N-ethyl adjacent to an activating group) is 1. The van der Waals surface area contributed by atoms with Gasteiger partial charge in [0.1, 0.15) is 10.9 Å². The van der Waals surface area contributed by atoms with E-state index in [2.05, 4.69) is 48.1 Å². The third-order valence-corrected chi connectivity index (χ3v) is 5.19. The fourth-order valence-corrected chi connectivity index (χ4v) is 3.59. The van der Waals surface area contributed by atoms with E-state index in [1.807, 2.05) is 6.07 Å². The van der Waals surface area contributed by atoms with E-state index in [9.17, 15) is 0 Å². The highest BCUT2D eigenvalue weighted by Crippen LogP contribution is 2.16. The highest BCUT2D eigenvalue weighted by Gasteiger charge is 2.24. The summed E-state index contributed by atoms with van der Waals surface area (Å²) in [6, 6.07) is 6.75. The molecule has 1 aliphatic heterocycles.